The molecule has 1 aliphatic rings. The number of aromatic hydroxyl groups is 1. The second-order valence-corrected chi connectivity index (χ2v) is 6.39. The van der Waals surface area contributed by atoms with Crippen LogP contribution in [-0.4, -0.2) is 29.1 Å². The van der Waals surface area contributed by atoms with Gasteiger partial charge in [0, 0.05) is 17.5 Å². The summed E-state index contributed by atoms with van der Waals surface area (Å²) in [5.74, 6) is 1.02. The minimum atomic E-state index is 0. The first kappa shape index (κ1) is 19.3. The highest BCUT2D eigenvalue weighted by Gasteiger charge is 2.34. The van der Waals surface area contributed by atoms with Gasteiger partial charge in [0.25, 0.3) is 0 Å². The standard InChI is InChI=1S/C19H31NO.ClH/c1-4-8-16-17(20(13-5-2)14-6-3)12-11-15-9-7-10-18(21)19(15)16;/h7,9-10,16-17,21H,4-6,8,11-14H2,1-3H3;1H/t16-,17-;/m0./s1. The number of rotatable bonds is 7. The van der Waals surface area contributed by atoms with Crippen molar-refractivity contribution in [2.24, 2.45) is 0 Å². The molecule has 0 radical (unpaired) electrons. The summed E-state index contributed by atoms with van der Waals surface area (Å²) in [6.45, 7) is 9.16. The first-order valence-corrected chi connectivity index (χ1v) is 8.77. The van der Waals surface area contributed by atoms with Crippen LogP contribution in [0.4, 0.5) is 0 Å². The van der Waals surface area contributed by atoms with E-state index in [2.05, 4.69) is 31.7 Å². The summed E-state index contributed by atoms with van der Waals surface area (Å²) in [5, 5.41) is 10.4. The molecule has 0 saturated carbocycles. The quantitative estimate of drug-likeness (QED) is 0.750. The molecular weight excluding hydrogens is 294 g/mol. The molecule has 3 heteroatoms. The summed E-state index contributed by atoms with van der Waals surface area (Å²) in [6.07, 6.45) is 7.13. The van der Waals surface area contributed by atoms with Gasteiger partial charge < -0.3 is 5.11 Å². The lowest BCUT2D eigenvalue weighted by atomic mass is 9.75. The Hall–Kier alpha value is -0.730. The van der Waals surface area contributed by atoms with Crippen molar-refractivity contribution in [1.29, 1.82) is 0 Å². The molecule has 0 aromatic heterocycles. The Kier molecular flexibility index (Phi) is 8.27. The Morgan fingerprint density at radius 3 is 2.36 bits per heavy atom. The van der Waals surface area contributed by atoms with Gasteiger partial charge in [-0.3, -0.25) is 4.90 Å². The number of halogens is 1. The zero-order chi connectivity index (χ0) is 15.2. The van der Waals surface area contributed by atoms with Crippen LogP contribution in [0.5, 0.6) is 5.75 Å². The molecule has 0 fully saturated rings. The van der Waals surface area contributed by atoms with Gasteiger partial charge in [-0.1, -0.05) is 39.3 Å². The average molecular weight is 326 g/mol. The molecule has 1 N–H and O–H groups in total. The number of benzene rings is 1. The van der Waals surface area contributed by atoms with Gasteiger partial charge in [-0.05, 0) is 56.8 Å². The SMILES string of the molecule is CCC[C@@H]1c2c(O)cccc2CC[C@@H]1N(CCC)CCC.Cl. The largest absolute Gasteiger partial charge is 0.508 e. The average Bonchev–Trinajstić information content (AvgIpc) is 2.48. The van der Waals surface area contributed by atoms with E-state index in [1.807, 2.05) is 12.1 Å². The lowest BCUT2D eigenvalue weighted by molar-refractivity contribution is 0.148. The van der Waals surface area contributed by atoms with Crippen molar-refractivity contribution >= 4 is 12.4 Å². The number of hydrogen-bond acceptors (Lipinski definition) is 2. The maximum absolute atomic E-state index is 10.4. The van der Waals surface area contributed by atoms with Crippen molar-refractivity contribution < 1.29 is 5.11 Å². The van der Waals surface area contributed by atoms with E-state index in [4.69, 9.17) is 0 Å². The molecule has 0 bridgehead atoms. The fourth-order valence-corrected chi connectivity index (χ4v) is 4.05. The van der Waals surface area contributed by atoms with Crippen molar-refractivity contribution in [2.45, 2.75) is 71.3 Å². The molecule has 2 nitrogen and oxygen atoms in total. The van der Waals surface area contributed by atoms with Gasteiger partial charge in [-0.25, -0.2) is 0 Å². The van der Waals surface area contributed by atoms with Crippen LogP contribution >= 0.6 is 12.4 Å². The third-order valence-corrected chi connectivity index (χ3v) is 4.81. The van der Waals surface area contributed by atoms with E-state index >= 15 is 0 Å². The summed E-state index contributed by atoms with van der Waals surface area (Å²) in [5.41, 5.74) is 2.62. The molecule has 0 amide bonds. The Morgan fingerprint density at radius 2 is 1.77 bits per heavy atom. The predicted octanol–water partition coefficient (Wildman–Crippen LogP) is 5.13. The zero-order valence-electron chi connectivity index (χ0n) is 14.3. The monoisotopic (exact) mass is 325 g/mol. The van der Waals surface area contributed by atoms with Gasteiger partial charge in [0.1, 0.15) is 5.75 Å². The van der Waals surface area contributed by atoms with E-state index in [-0.39, 0.29) is 12.4 Å². The van der Waals surface area contributed by atoms with E-state index < -0.39 is 0 Å². The lowest BCUT2D eigenvalue weighted by Crippen LogP contribution is -2.43. The van der Waals surface area contributed by atoms with Gasteiger partial charge in [0.2, 0.25) is 0 Å². The van der Waals surface area contributed by atoms with Crippen LogP contribution in [0.1, 0.15) is 69.9 Å². The number of fused-ring (bicyclic) bond motifs is 1. The minimum Gasteiger partial charge on any atom is -0.508 e. The van der Waals surface area contributed by atoms with Crippen molar-refractivity contribution in [1.82, 2.24) is 4.90 Å². The molecule has 22 heavy (non-hydrogen) atoms. The van der Waals surface area contributed by atoms with Gasteiger partial charge in [0.05, 0.1) is 0 Å². The van der Waals surface area contributed by atoms with Crippen LogP contribution in [-0.2, 0) is 6.42 Å². The van der Waals surface area contributed by atoms with Crippen LogP contribution in [0.25, 0.3) is 0 Å². The highest BCUT2D eigenvalue weighted by Crippen LogP contribution is 2.42. The Morgan fingerprint density at radius 1 is 1.09 bits per heavy atom. The fraction of sp³-hybridized carbons (Fsp3) is 0.684. The second kappa shape index (κ2) is 9.42. The molecule has 0 aliphatic heterocycles. The molecule has 2 atom stereocenters. The van der Waals surface area contributed by atoms with Crippen molar-refractivity contribution in [3.8, 4) is 5.75 Å². The van der Waals surface area contributed by atoms with E-state index in [0.29, 0.717) is 17.7 Å². The smallest absolute Gasteiger partial charge is 0.119 e. The molecule has 1 aromatic carbocycles. The lowest BCUT2D eigenvalue weighted by Gasteiger charge is -2.41. The third-order valence-electron chi connectivity index (χ3n) is 4.81. The molecule has 1 aliphatic carbocycles. The predicted molar refractivity (Wildman–Crippen MR) is 97.3 cm³/mol. The first-order chi connectivity index (χ1) is 10.2. The maximum Gasteiger partial charge on any atom is 0.119 e. The highest BCUT2D eigenvalue weighted by atomic mass is 35.5. The van der Waals surface area contributed by atoms with Gasteiger partial charge in [0.15, 0.2) is 0 Å². The maximum atomic E-state index is 10.4. The van der Waals surface area contributed by atoms with E-state index in [0.717, 1.165) is 6.42 Å². The van der Waals surface area contributed by atoms with Crippen LogP contribution < -0.4 is 0 Å². The second-order valence-electron chi connectivity index (χ2n) is 6.39. The molecule has 0 saturated heterocycles. The van der Waals surface area contributed by atoms with Crippen molar-refractivity contribution in [2.75, 3.05) is 13.1 Å². The van der Waals surface area contributed by atoms with Crippen LogP contribution in [0.3, 0.4) is 0 Å². The summed E-state index contributed by atoms with van der Waals surface area (Å²) in [6, 6.07) is 6.67. The minimum absolute atomic E-state index is 0. The van der Waals surface area contributed by atoms with Crippen LogP contribution in [0.2, 0.25) is 0 Å². The summed E-state index contributed by atoms with van der Waals surface area (Å²) < 4.78 is 0. The van der Waals surface area contributed by atoms with Gasteiger partial charge in [-0.2, -0.15) is 0 Å². The summed E-state index contributed by atoms with van der Waals surface area (Å²) >= 11 is 0. The molecule has 1 aromatic rings. The van der Waals surface area contributed by atoms with Gasteiger partial charge in [-0.15, -0.1) is 12.4 Å². The van der Waals surface area contributed by atoms with E-state index in [1.54, 1.807) is 0 Å². The number of hydrogen-bond donors (Lipinski definition) is 1. The van der Waals surface area contributed by atoms with Crippen LogP contribution in [0, 0.1) is 0 Å². The van der Waals surface area contributed by atoms with Crippen molar-refractivity contribution in [3.05, 3.63) is 29.3 Å². The zero-order valence-corrected chi connectivity index (χ0v) is 15.2. The fourth-order valence-electron chi connectivity index (χ4n) is 4.05. The van der Waals surface area contributed by atoms with E-state index in [9.17, 15) is 5.11 Å². The van der Waals surface area contributed by atoms with Gasteiger partial charge >= 0.3 is 0 Å². The topological polar surface area (TPSA) is 23.5 Å². The van der Waals surface area contributed by atoms with Crippen molar-refractivity contribution in [3.63, 3.8) is 0 Å². The third kappa shape index (κ3) is 4.17. The highest BCUT2D eigenvalue weighted by molar-refractivity contribution is 5.85. The Balaban J connectivity index is 0.00000242. The Labute approximate surface area is 142 Å². The van der Waals surface area contributed by atoms with Crippen LogP contribution in [0.15, 0.2) is 18.2 Å². The Bertz CT molecular complexity index is 443. The summed E-state index contributed by atoms with van der Waals surface area (Å²) in [4.78, 5) is 2.68. The number of nitrogens with zero attached hydrogens (tertiary/aromatic N) is 1. The number of phenols is 1. The first-order valence-electron chi connectivity index (χ1n) is 8.77. The molecule has 2 rings (SSSR count). The summed E-state index contributed by atoms with van der Waals surface area (Å²) in [7, 11) is 0. The number of phenolic OH excluding ortho intramolecular Hbond substituents is 1. The molecular formula is C19H32ClNO. The number of aryl methyl sites for hydroxylation is 1. The molecule has 0 spiro atoms. The molecule has 0 heterocycles. The molecule has 0 unspecified atom stereocenters. The normalized spacial score (nSPS) is 20.5. The molecule has 126 valence electrons. The van der Waals surface area contributed by atoms with E-state index in [1.165, 1.54) is 56.3 Å².